The third-order valence-electron chi connectivity index (χ3n) is 10.1. The molecule has 1 unspecified atom stereocenters. The second-order valence-electron chi connectivity index (χ2n) is 14.2. The number of amides is 1. The van der Waals surface area contributed by atoms with Gasteiger partial charge in [-0.05, 0) is 103 Å². The number of thioether (sulfide) groups is 1. The van der Waals surface area contributed by atoms with Crippen molar-refractivity contribution in [1.29, 1.82) is 0 Å². The molecule has 0 radical (unpaired) electrons. The highest BCUT2D eigenvalue weighted by Gasteiger charge is 2.39. The zero-order valence-corrected chi connectivity index (χ0v) is 34.1. The molecular formula is C43H64N4O6S. The fourth-order valence-corrected chi connectivity index (χ4v) is 7.49. The zero-order chi connectivity index (χ0) is 39.3. The SMILES string of the molecule is CC(C)N1CCC(c2ccccc2)(c2ccccc2O)CC1.CCCOCCC=O.CSCC(C)N(C)CCNCCc1ccc(O)c2c1OCC(=O)N2. The zero-order valence-electron chi connectivity index (χ0n) is 33.3. The van der Waals surface area contributed by atoms with Gasteiger partial charge < -0.3 is 44.9 Å². The second-order valence-corrected chi connectivity index (χ2v) is 15.1. The first-order valence-corrected chi connectivity index (χ1v) is 20.7. The highest BCUT2D eigenvalue weighted by atomic mass is 32.2. The van der Waals surface area contributed by atoms with Crippen LogP contribution in [0.2, 0.25) is 0 Å². The summed E-state index contributed by atoms with van der Waals surface area (Å²) in [7, 11) is 2.15. The van der Waals surface area contributed by atoms with Crippen LogP contribution in [0.1, 0.15) is 70.1 Å². The maximum Gasteiger partial charge on any atom is 0.262 e. The van der Waals surface area contributed by atoms with Gasteiger partial charge in [-0.25, -0.2) is 0 Å². The number of fused-ring (bicyclic) bond motifs is 1. The highest BCUT2D eigenvalue weighted by molar-refractivity contribution is 7.98. The number of phenolic OH excluding ortho intramolecular Hbond substituents is 2. The summed E-state index contributed by atoms with van der Waals surface area (Å²) in [4.78, 5) is 26.0. The highest BCUT2D eigenvalue weighted by Crippen LogP contribution is 2.45. The number of nitrogens with zero attached hydrogens (tertiary/aromatic N) is 2. The van der Waals surface area contributed by atoms with Gasteiger partial charge in [-0.2, -0.15) is 11.8 Å². The number of hydrogen-bond donors (Lipinski definition) is 4. The number of carbonyl (C=O) groups is 2. The van der Waals surface area contributed by atoms with Crippen LogP contribution in [0.4, 0.5) is 5.69 Å². The summed E-state index contributed by atoms with van der Waals surface area (Å²) in [5.41, 5.74) is 3.69. The fraction of sp³-hybridized carbons (Fsp3) is 0.535. The Bertz CT molecular complexity index is 1530. The number of carbonyl (C=O) groups excluding carboxylic acids is 2. The summed E-state index contributed by atoms with van der Waals surface area (Å²) in [5.74, 6) is 1.94. The molecule has 2 aliphatic heterocycles. The van der Waals surface area contributed by atoms with Crippen LogP contribution in [0, 0.1) is 0 Å². The van der Waals surface area contributed by atoms with Crippen molar-refractivity contribution < 1.29 is 29.3 Å². The number of anilines is 1. The maximum atomic E-state index is 11.4. The van der Waals surface area contributed by atoms with E-state index in [1.807, 2.05) is 43.0 Å². The van der Waals surface area contributed by atoms with Gasteiger partial charge in [0.1, 0.15) is 23.5 Å². The number of likely N-dealkylation sites (tertiary alicyclic amines) is 1. The lowest BCUT2D eigenvalue weighted by molar-refractivity contribution is -0.118. The van der Waals surface area contributed by atoms with E-state index in [1.54, 1.807) is 6.07 Å². The number of phenols is 2. The normalized spacial score (nSPS) is 15.5. The molecular weight excluding hydrogens is 701 g/mol. The van der Waals surface area contributed by atoms with Gasteiger partial charge in [-0.3, -0.25) is 4.79 Å². The lowest BCUT2D eigenvalue weighted by Crippen LogP contribution is -2.45. The van der Waals surface area contributed by atoms with Gasteiger partial charge in [-0.15, -0.1) is 0 Å². The summed E-state index contributed by atoms with van der Waals surface area (Å²) in [5, 5.41) is 26.4. The van der Waals surface area contributed by atoms with Crippen molar-refractivity contribution in [2.75, 3.05) is 76.9 Å². The Balaban J connectivity index is 0.000000243. The van der Waals surface area contributed by atoms with Crippen LogP contribution >= 0.6 is 11.8 Å². The molecule has 1 amide bonds. The summed E-state index contributed by atoms with van der Waals surface area (Å²) in [6, 6.07) is 23.1. The minimum atomic E-state index is -0.240. The predicted molar refractivity (Wildman–Crippen MR) is 222 cm³/mol. The molecule has 1 atom stereocenters. The van der Waals surface area contributed by atoms with E-state index in [-0.39, 0.29) is 23.7 Å². The Morgan fingerprint density at radius 3 is 2.35 bits per heavy atom. The van der Waals surface area contributed by atoms with Crippen LogP contribution in [0.15, 0.2) is 66.7 Å². The van der Waals surface area contributed by atoms with Crippen LogP contribution in [0.25, 0.3) is 0 Å². The molecule has 5 rings (SSSR count). The number of para-hydroxylation sites is 1. The third kappa shape index (κ3) is 13.6. The smallest absolute Gasteiger partial charge is 0.262 e. The molecule has 0 bridgehead atoms. The lowest BCUT2D eigenvalue weighted by atomic mass is 9.67. The van der Waals surface area contributed by atoms with E-state index in [9.17, 15) is 19.8 Å². The number of aromatic hydroxyl groups is 2. The van der Waals surface area contributed by atoms with E-state index in [2.05, 4.69) is 90.9 Å². The Kier molecular flexibility index (Phi) is 19.9. The molecule has 0 saturated carbocycles. The molecule has 0 spiro atoms. The quantitative estimate of drug-likeness (QED) is 0.0670. The summed E-state index contributed by atoms with van der Waals surface area (Å²) < 4.78 is 10.5. The first kappa shape index (κ1) is 44.8. The van der Waals surface area contributed by atoms with Crippen molar-refractivity contribution in [2.24, 2.45) is 0 Å². The van der Waals surface area contributed by atoms with E-state index in [1.165, 1.54) is 5.56 Å². The molecule has 54 heavy (non-hydrogen) atoms. The largest absolute Gasteiger partial charge is 0.508 e. The molecule has 1 saturated heterocycles. The second kappa shape index (κ2) is 24.0. The molecule has 0 aliphatic carbocycles. The van der Waals surface area contributed by atoms with Crippen LogP contribution in [0.5, 0.6) is 17.2 Å². The average molecular weight is 765 g/mol. The molecule has 1 fully saturated rings. The summed E-state index contributed by atoms with van der Waals surface area (Å²) in [6.07, 6.45) is 7.43. The van der Waals surface area contributed by atoms with E-state index in [0.29, 0.717) is 42.3 Å². The molecule has 10 nitrogen and oxygen atoms in total. The molecule has 3 aromatic carbocycles. The van der Waals surface area contributed by atoms with Crippen molar-refractivity contribution in [2.45, 2.75) is 77.3 Å². The van der Waals surface area contributed by atoms with E-state index in [4.69, 9.17) is 9.47 Å². The minimum absolute atomic E-state index is 0.00495. The number of ether oxygens (including phenoxy) is 2. The van der Waals surface area contributed by atoms with Gasteiger partial charge in [0.25, 0.3) is 5.91 Å². The van der Waals surface area contributed by atoms with Crippen molar-refractivity contribution in [3.05, 3.63) is 83.4 Å². The average Bonchev–Trinajstić information content (AvgIpc) is 3.18. The van der Waals surface area contributed by atoms with Gasteiger partial charge in [0.05, 0.1) is 6.61 Å². The van der Waals surface area contributed by atoms with Crippen molar-refractivity contribution >= 4 is 29.6 Å². The Morgan fingerprint density at radius 2 is 1.70 bits per heavy atom. The number of rotatable bonds is 17. The number of likely N-dealkylation sites (N-methyl/N-ethyl adjacent to an activating group) is 1. The molecule has 0 aromatic heterocycles. The summed E-state index contributed by atoms with van der Waals surface area (Å²) >= 11 is 1.87. The first-order valence-electron chi connectivity index (χ1n) is 19.3. The van der Waals surface area contributed by atoms with E-state index >= 15 is 0 Å². The molecule has 3 aromatic rings. The van der Waals surface area contributed by atoms with Crippen LogP contribution < -0.4 is 15.4 Å². The number of aldehydes is 1. The molecule has 4 N–H and O–H groups in total. The van der Waals surface area contributed by atoms with Crippen molar-refractivity contribution in [1.82, 2.24) is 15.1 Å². The number of piperidine rings is 1. The molecule has 298 valence electrons. The minimum Gasteiger partial charge on any atom is -0.508 e. The van der Waals surface area contributed by atoms with Crippen LogP contribution in [0.3, 0.4) is 0 Å². The predicted octanol–water partition coefficient (Wildman–Crippen LogP) is 6.72. The third-order valence-corrected chi connectivity index (χ3v) is 10.9. The lowest BCUT2D eigenvalue weighted by Gasteiger charge is -2.44. The first-order chi connectivity index (χ1) is 26.1. The van der Waals surface area contributed by atoms with Gasteiger partial charge >= 0.3 is 0 Å². The van der Waals surface area contributed by atoms with Crippen molar-refractivity contribution in [3.8, 4) is 17.2 Å². The fourth-order valence-electron chi connectivity index (χ4n) is 6.75. The number of benzene rings is 3. The molecule has 2 heterocycles. The van der Waals surface area contributed by atoms with Gasteiger partial charge in [0.2, 0.25) is 0 Å². The maximum absolute atomic E-state index is 11.4. The van der Waals surface area contributed by atoms with Crippen LogP contribution in [-0.2, 0) is 26.2 Å². The van der Waals surface area contributed by atoms with Gasteiger partial charge in [0, 0.05) is 54.9 Å². The Labute approximate surface area is 328 Å². The Hall–Kier alpha value is -3.61. The van der Waals surface area contributed by atoms with E-state index in [0.717, 1.165) is 88.2 Å². The van der Waals surface area contributed by atoms with E-state index < -0.39 is 0 Å². The number of hydrogen-bond acceptors (Lipinski definition) is 10. The molecule has 11 heteroatoms. The Morgan fingerprint density at radius 1 is 1.00 bits per heavy atom. The topological polar surface area (TPSA) is 124 Å². The van der Waals surface area contributed by atoms with Crippen LogP contribution in [-0.4, -0.2) is 116 Å². The molecule has 2 aliphatic rings. The number of nitrogens with one attached hydrogen (secondary N) is 2. The van der Waals surface area contributed by atoms with Crippen molar-refractivity contribution in [3.63, 3.8) is 0 Å². The standard InChI is InChI=1S/C20H25NO.C17H27N3O3S.C6H12O2/c1-16(2)21-14-12-20(13-15-21,17-8-4-3-5-9-17)18-10-6-7-11-19(18)22;1-12(11-24-3)20(2)9-8-18-7-6-13-4-5-14(21)16-17(13)23-10-15(22)19-16;1-2-5-8-6-3-4-7/h3-11,16,22H,12-15H2,1-2H3;4-5,12,18,21H,6-11H2,1-3H3,(H,19,22);4H,2-3,5-6H2,1H3. The summed E-state index contributed by atoms with van der Waals surface area (Å²) in [6.45, 7) is 15.0. The monoisotopic (exact) mass is 764 g/mol. The van der Waals surface area contributed by atoms with Gasteiger partial charge in [0.15, 0.2) is 12.4 Å². The van der Waals surface area contributed by atoms with Gasteiger partial charge in [-0.1, -0.05) is 61.5 Å².